The highest BCUT2D eigenvalue weighted by molar-refractivity contribution is 5.94. The quantitative estimate of drug-likeness (QED) is 0.143. The Balaban J connectivity index is 0.000000725. The van der Waals surface area contributed by atoms with Gasteiger partial charge in [0, 0.05) is 24.3 Å². The lowest BCUT2D eigenvalue weighted by molar-refractivity contribution is -0.134. The fourth-order valence-electron chi connectivity index (χ4n) is 5.73. The average Bonchev–Trinajstić information content (AvgIpc) is 3.04. The lowest BCUT2D eigenvalue weighted by Crippen LogP contribution is -2.52. The Labute approximate surface area is 268 Å². The molecule has 6 N–H and O–H groups in total. The molecule has 4 rings (SSSR count). The number of carboxylic acids is 2. The number of carboxylic acid groups (broad SMARTS) is 2. The van der Waals surface area contributed by atoms with Gasteiger partial charge in [0.15, 0.2) is 17.3 Å². The van der Waals surface area contributed by atoms with Crippen LogP contribution >= 0.6 is 0 Å². The lowest BCUT2D eigenvalue weighted by atomic mass is 9.62. The number of benzene rings is 3. The zero-order valence-corrected chi connectivity index (χ0v) is 26.1. The summed E-state index contributed by atoms with van der Waals surface area (Å²) in [6.45, 7) is 4.79. The van der Waals surface area contributed by atoms with Gasteiger partial charge >= 0.3 is 11.9 Å². The number of nitrogens with zero attached hydrogens (tertiary/aromatic N) is 1. The maximum absolute atomic E-state index is 13.2. The molecule has 0 spiro atoms. The number of amides is 1. The zero-order chi connectivity index (χ0) is 32.8. The second-order valence-corrected chi connectivity index (χ2v) is 10.7. The number of likely N-dealkylation sites (tertiary alicyclic amines) is 1. The molecule has 1 amide bonds. The van der Waals surface area contributed by atoms with Gasteiger partial charge in [0.1, 0.15) is 5.41 Å². The Hall–Kier alpha value is -5.00. The Bertz CT molecular complexity index is 1410. The van der Waals surface area contributed by atoms with Crippen molar-refractivity contribution in [2.45, 2.75) is 31.6 Å². The normalized spacial score (nSPS) is 13.5. The van der Waals surface area contributed by atoms with Gasteiger partial charge in [-0.1, -0.05) is 60.7 Å². The van der Waals surface area contributed by atoms with Crippen molar-refractivity contribution in [3.05, 3.63) is 108 Å². The van der Waals surface area contributed by atoms with Crippen molar-refractivity contribution in [2.75, 3.05) is 33.4 Å². The third-order valence-electron chi connectivity index (χ3n) is 7.86. The molecule has 1 aliphatic rings. The van der Waals surface area contributed by atoms with Crippen LogP contribution in [0, 0.1) is 5.92 Å². The highest BCUT2D eigenvalue weighted by Gasteiger charge is 2.48. The third-order valence-corrected chi connectivity index (χ3v) is 7.86. The monoisotopic (exact) mass is 634 g/mol. The van der Waals surface area contributed by atoms with Crippen molar-refractivity contribution in [3.63, 3.8) is 0 Å². The molecule has 46 heavy (non-hydrogen) atoms. The number of carbonyl (C=O) groups is 4. The Kier molecular flexibility index (Phi) is 14.6. The summed E-state index contributed by atoms with van der Waals surface area (Å²) in [4.78, 5) is 46.4. The molecule has 0 saturated carbocycles. The van der Waals surface area contributed by atoms with Gasteiger partial charge in [-0.25, -0.2) is 9.59 Å². The molecule has 1 saturated heterocycles. The van der Waals surface area contributed by atoms with Crippen LogP contribution in [0.25, 0.3) is 0 Å². The molecule has 1 heterocycles. The smallest absolute Gasteiger partial charge is 0.328 e. The molecule has 3 aromatic rings. The summed E-state index contributed by atoms with van der Waals surface area (Å²) in [5.74, 6) is -1.48. The van der Waals surface area contributed by atoms with Crippen molar-refractivity contribution >= 4 is 23.6 Å². The van der Waals surface area contributed by atoms with Gasteiger partial charge in [-0.05, 0) is 74.5 Å². The van der Waals surface area contributed by atoms with Crippen molar-refractivity contribution in [2.24, 2.45) is 11.7 Å². The molecule has 0 aromatic heterocycles. The van der Waals surface area contributed by atoms with Crippen molar-refractivity contribution in [3.8, 4) is 11.5 Å². The number of nitrogens with two attached hydrogens (primary N) is 1. The van der Waals surface area contributed by atoms with Gasteiger partial charge in [-0.15, -0.1) is 0 Å². The molecule has 1 fully saturated rings. The number of ketones is 1. The highest BCUT2D eigenvalue weighted by atomic mass is 16.5. The van der Waals surface area contributed by atoms with E-state index in [-0.39, 0.29) is 23.1 Å². The number of hydrogen-bond donors (Lipinski definition) is 3. The van der Waals surface area contributed by atoms with Crippen LogP contribution in [-0.4, -0.2) is 77.6 Å². The summed E-state index contributed by atoms with van der Waals surface area (Å²) in [5, 5.41) is 15.6. The molecule has 1 aliphatic heterocycles. The molecule has 11 nitrogen and oxygen atoms in total. The molecule has 246 valence electrons. The summed E-state index contributed by atoms with van der Waals surface area (Å²) in [7, 11) is 1.58. The van der Waals surface area contributed by atoms with Crippen LogP contribution in [0.3, 0.4) is 0 Å². The Morgan fingerprint density at radius 3 is 1.83 bits per heavy atom. The SMILES string of the molecule is COc1cc(C(C)=O)ccc1OCCCN1CCC(C(C(N)=O)(c2ccccc2)c2ccccc2)CC1.O.O=C(O)/C=C/C(=O)O. The number of carbonyl (C=O) groups excluding carboxylic acids is 2. The predicted octanol–water partition coefficient (Wildman–Crippen LogP) is 3.74. The van der Waals surface area contributed by atoms with Gasteiger partial charge in [-0.2, -0.15) is 0 Å². The van der Waals surface area contributed by atoms with E-state index < -0.39 is 17.4 Å². The van der Waals surface area contributed by atoms with Crippen LogP contribution in [0.1, 0.15) is 47.7 Å². The molecule has 0 atom stereocenters. The molecule has 0 bridgehead atoms. The Morgan fingerprint density at radius 2 is 1.39 bits per heavy atom. The zero-order valence-electron chi connectivity index (χ0n) is 26.1. The largest absolute Gasteiger partial charge is 0.493 e. The average molecular weight is 635 g/mol. The van der Waals surface area contributed by atoms with Crippen molar-refractivity contribution in [1.29, 1.82) is 0 Å². The van der Waals surface area contributed by atoms with E-state index >= 15 is 0 Å². The number of aliphatic carboxylic acids is 2. The second kappa shape index (κ2) is 18.1. The summed E-state index contributed by atoms with van der Waals surface area (Å²) < 4.78 is 11.3. The first-order chi connectivity index (χ1) is 21.6. The maximum atomic E-state index is 13.2. The van der Waals surface area contributed by atoms with Gasteiger partial charge in [0.05, 0.1) is 13.7 Å². The number of ether oxygens (including phenoxy) is 2. The summed E-state index contributed by atoms with van der Waals surface area (Å²) in [6, 6.07) is 25.2. The molecular formula is C35H42N2O9. The summed E-state index contributed by atoms with van der Waals surface area (Å²) in [6.07, 6.45) is 3.74. The molecule has 0 radical (unpaired) electrons. The molecule has 3 aromatic carbocycles. The molecule has 0 unspecified atom stereocenters. The molecule has 11 heteroatoms. The predicted molar refractivity (Wildman–Crippen MR) is 173 cm³/mol. The van der Waals surface area contributed by atoms with Gasteiger partial charge < -0.3 is 35.8 Å². The van der Waals surface area contributed by atoms with Gasteiger partial charge in [0.2, 0.25) is 5.91 Å². The number of hydrogen-bond acceptors (Lipinski definition) is 7. The first-order valence-electron chi connectivity index (χ1n) is 14.7. The lowest BCUT2D eigenvalue weighted by Gasteiger charge is -2.43. The first-order valence-corrected chi connectivity index (χ1v) is 14.7. The number of rotatable bonds is 13. The van der Waals surface area contributed by atoms with Crippen LogP contribution in [0.4, 0.5) is 0 Å². The standard InChI is InChI=1S/C31H36N2O4.C4H4O4.H2O/c1-23(34)24-14-15-28(29(22-24)36-2)37-21-9-18-33-19-16-27(17-20-33)31(30(32)35,25-10-5-3-6-11-25)26-12-7-4-8-13-26;5-3(6)1-2-4(7)8;/h3-8,10-15,22,27H,9,16-21H2,1-2H3,(H2,32,35);1-2H,(H,5,6)(H,7,8);1H2/b;2-1+;. The topological polar surface area (TPSA) is 188 Å². The second-order valence-electron chi connectivity index (χ2n) is 10.7. The van der Waals surface area contributed by atoms with E-state index in [1.165, 1.54) is 6.92 Å². The number of piperidine rings is 1. The van der Waals surface area contributed by atoms with Crippen molar-refractivity contribution in [1.82, 2.24) is 4.90 Å². The molecular weight excluding hydrogens is 592 g/mol. The summed E-state index contributed by atoms with van der Waals surface area (Å²) >= 11 is 0. The molecule has 0 aliphatic carbocycles. The van der Waals surface area contributed by atoms with E-state index in [2.05, 4.69) is 4.90 Å². The number of Topliss-reactive ketones (excluding diaryl/α,β-unsaturated/α-hetero) is 1. The minimum atomic E-state index is -1.26. The minimum absolute atomic E-state index is 0. The van der Waals surface area contributed by atoms with Crippen LogP contribution in [0.5, 0.6) is 11.5 Å². The fourth-order valence-corrected chi connectivity index (χ4v) is 5.73. The van der Waals surface area contributed by atoms with Gasteiger partial charge in [0.25, 0.3) is 0 Å². The van der Waals surface area contributed by atoms with Crippen molar-refractivity contribution < 1.29 is 44.3 Å². The van der Waals surface area contributed by atoms with Crippen LogP contribution < -0.4 is 15.2 Å². The van der Waals surface area contributed by atoms with E-state index in [0.29, 0.717) is 35.8 Å². The number of methoxy groups -OCH3 is 1. The van der Waals surface area contributed by atoms with Gasteiger partial charge in [-0.3, -0.25) is 9.59 Å². The minimum Gasteiger partial charge on any atom is -0.493 e. The number of primary amides is 1. The van der Waals surface area contributed by atoms with E-state index in [1.807, 2.05) is 60.7 Å². The summed E-state index contributed by atoms with van der Waals surface area (Å²) in [5.41, 5.74) is 7.89. The Morgan fingerprint density at radius 1 is 0.870 bits per heavy atom. The van der Waals surface area contributed by atoms with Crippen LogP contribution in [0.2, 0.25) is 0 Å². The van der Waals surface area contributed by atoms with E-state index in [0.717, 1.165) is 50.0 Å². The van der Waals surface area contributed by atoms with E-state index in [4.69, 9.17) is 25.4 Å². The maximum Gasteiger partial charge on any atom is 0.328 e. The van der Waals surface area contributed by atoms with E-state index in [9.17, 15) is 19.2 Å². The fraction of sp³-hybridized carbons (Fsp3) is 0.314. The van der Waals surface area contributed by atoms with Crippen LogP contribution in [-0.2, 0) is 19.8 Å². The van der Waals surface area contributed by atoms with Crippen LogP contribution in [0.15, 0.2) is 91.0 Å². The highest BCUT2D eigenvalue weighted by Crippen LogP contribution is 2.44. The third kappa shape index (κ3) is 9.75. The first kappa shape index (κ1) is 37.2. The van der Waals surface area contributed by atoms with E-state index in [1.54, 1.807) is 25.3 Å².